The Kier molecular flexibility index (Phi) is 8.63. The molecule has 1 aliphatic rings. The first-order valence-electron chi connectivity index (χ1n) is 13.5. The van der Waals surface area contributed by atoms with Crippen LogP contribution >= 0.6 is 12.2 Å². The number of aromatic nitrogens is 1. The van der Waals surface area contributed by atoms with Crippen LogP contribution in [0.25, 0.3) is 17.0 Å². The number of thiocarbonyl (C=S) groups is 1. The van der Waals surface area contributed by atoms with E-state index < -0.39 is 5.97 Å². The molecule has 0 unspecified atom stereocenters. The summed E-state index contributed by atoms with van der Waals surface area (Å²) in [6, 6.07) is 24.3. The molecule has 42 heavy (non-hydrogen) atoms. The van der Waals surface area contributed by atoms with Crippen molar-refractivity contribution in [2.75, 3.05) is 25.2 Å². The Balaban J connectivity index is 1.47. The number of anilines is 1. The van der Waals surface area contributed by atoms with E-state index in [2.05, 4.69) is 5.32 Å². The lowest BCUT2D eigenvalue weighted by molar-refractivity contribution is -0.140. The highest BCUT2D eigenvalue weighted by Crippen LogP contribution is 2.32. The van der Waals surface area contributed by atoms with Crippen molar-refractivity contribution in [1.29, 1.82) is 0 Å². The molecule has 214 valence electrons. The van der Waals surface area contributed by atoms with E-state index in [4.69, 9.17) is 21.7 Å². The summed E-state index contributed by atoms with van der Waals surface area (Å²) < 4.78 is 12.3. The summed E-state index contributed by atoms with van der Waals surface area (Å²) in [7, 11) is 1.29. The summed E-state index contributed by atoms with van der Waals surface area (Å²) in [5.74, 6) is -0.403. The van der Waals surface area contributed by atoms with Crippen LogP contribution in [-0.4, -0.2) is 52.6 Å². The molecule has 1 saturated heterocycles. The molecule has 3 aromatic carbocycles. The lowest BCUT2D eigenvalue weighted by Crippen LogP contribution is -2.35. The van der Waals surface area contributed by atoms with Gasteiger partial charge in [-0.1, -0.05) is 48.5 Å². The van der Waals surface area contributed by atoms with Crippen molar-refractivity contribution in [2.45, 2.75) is 20.0 Å². The van der Waals surface area contributed by atoms with E-state index in [1.165, 1.54) is 16.9 Å². The Bertz CT molecular complexity index is 1660. The number of ether oxygens (including phenoxy) is 2. The van der Waals surface area contributed by atoms with Gasteiger partial charge in [0.2, 0.25) is 5.91 Å². The summed E-state index contributed by atoms with van der Waals surface area (Å²) >= 11 is 5.69. The van der Waals surface area contributed by atoms with Crippen LogP contribution in [0.3, 0.4) is 0 Å². The van der Waals surface area contributed by atoms with Gasteiger partial charge in [-0.05, 0) is 61.1 Å². The first-order valence-corrected chi connectivity index (χ1v) is 13.9. The number of esters is 1. The average molecular weight is 583 g/mol. The molecule has 0 aliphatic carbocycles. The number of para-hydroxylation sites is 1. The Morgan fingerprint density at radius 3 is 2.38 bits per heavy atom. The molecule has 1 N–H and O–H groups in total. The predicted molar refractivity (Wildman–Crippen MR) is 165 cm³/mol. The van der Waals surface area contributed by atoms with Crippen molar-refractivity contribution in [3.8, 4) is 5.75 Å². The highest BCUT2D eigenvalue weighted by molar-refractivity contribution is 7.80. The van der Waals surface area contributed by atoms with Gasteiger partial charge in [0.05, 0.1) is 19.4 Å². The molecule has 5 rings (SSSR count). The van der Waals surface area contributed by atoms with Gasteiger partial charge in [-0.15, -0.1) is 0 Å². The second-order valence-electron chi connectivity index (χ2n) is 9.53. The lowest BCUT2D eigenvalue weighted by atomic mass is 10.1. The summed E-state index contributed by atoms with van der Waals surface area (Å²) in [4.78, 5) is 41.9. The van der Waals surface area contributed by atoms with Crippen molar-refractivity contribution in [1.82, 2.24) is 14.8 Å². The van der Waals surface area contributed by atoms with Gasteiger partial charge in [0.25, 0.3) is 5.91 Å². The topological polar surface area (TPSA) is 93.1 Å². The molecule has 1 aliphatic heterocycles. The molecule has 4 aromatic rings. The van der Waals surface area contributed by atoms with E-state index in [9.17, 15) is 14.4 Å². The quantitative estimate of drug-likeness (QED) is 0.167. The summed E-state index contributed by atoms with van der Waals surface area (Å²) in [6.07, 6.45) is 3.53. The first kappa shape index (κ1) is 28.6. The second-order valence-corrected chi connectivity index (χ2v) is 9.90. The van der Waals surface area contributed by atoms with Gasteiger partial charge in [-0.2, -0.15) is 0 Å². The highest BCUT2D eigenvalue weighted by atomic mass is 32.1. The van der Waals surface area contributed by atoms with Crippen LogP contribution in [0.5, 0.6) is 5.75 Å². The van der Waals surface area contributed by atoms with Crippen molar-refractivity contribution >= 4 is 57.8 Å². The zero-order valence-corrected chi connectivity index (χ0v) is 24.1. The Labute approximate surface area is 248 Å². The highest BCUT2D eigenvalue weighted by Gasteiger charge is 2.40. The SMILES string of the molecule is CCOc1ccc(N2C(=O)/C(=C/c3cn(CC(=O)NCc4ccccc4)c4ccccc34)N(CC(=O)OC)C2=S)cc1. The molecule has 2 heterocycles. The van der Waals surface area contributed by atoms with Crippen LogP contribution in [0.4, 0.5) is 5.69 Å². The number of hydrogen-bond donors (Lipinski definition) is 1. The number of rotatable bonds is 10. The van der Waals surface area contributed by atoms with E-state index in [-0.39, 0.29) is 35.7 Å². The van der Waals surface area contributed by atoms with E-state index in [0.717, 1.165) is 16.5 Å². The number of carbonyl (C=O) groups is 3. The van der Waals surface area contributed by atoms with E-state index in [1.54, 1.807) is 30.3 Å². The van der Waals surface area contributed by atoms with Crippen LogP contribution in [0.2, 0.25) is 0 Å². The minimum absolute atomic E-state index is 0.0903. The molecule has 1 fully saturated rings. The number of benzene rings is 3. The fourth-order valence-corrected chi connectivity index (χ4v) is 5.14. The molecule has 10 heteroatoms. The van der Waals surface area contributed by atoms with Crippen LogP contribution in [0.15, 0.2) is 90.8 Å². The Morgan fingerprint density at radius 1 is 0.952 bits per heavy atom. The molecule has 9 nitrogen and oxygen atoms in total. The number of nitrogens with one attached hydrogen (secondary N) is 1. The minimum Gasteiger partial charge on any atom is -0.494 e. The molecule has 0 saturated carbocycles. The molecular formula is C32H30N4O5S. The van der Waals surface area contributed by atoms with Gasteiger partial charge in [0, 0.05) is 29.2 Å². The average Bonchev–Trinajstić information content (AvgIpc) is 3.46. The van der Waals surface area contributed by atoms with Crippen molar-refractivity contribution in [3.05, 3.63) is 102 Å². The third kappa shape index (κ3) is 6.03. The van der Waals surface area contributed by atoms with Crippen LogP contribution in [0, 0.1) is 0 Å². The standard InChI is InChI=1S/C32H30N4O5S/c1-3-41-25-15-13-24(14-16-25)36-31(39)28(35(32(36)42)21-30(38)40-2)17-23-19-34(27-12-8-7-11-26(23)27)20-29(37)33-18-22-9-5-4-6-10-22/h4-17,19H,3,18,20-21H2,1-2H3,(H,33,37)/b28-17-. The number of carbonyl (C=O) groups excluding carboxylic acids is 3. The van der Waals surface area contributed by atoms with Crippen LogP contribution in [0.1, 0.15) is 18.1 Å². The fourth-order valence-electron chi connectivity index (χ4n) is 4.79. The molecule has 0 bridgehead atoms. The fraction of sp³-hybridized carbons (Fsp3) is 0.188. The zero-order chi connectivity index (χ0) is 29.6. The number of amides is 2. The van der Waals surface area contributed by atoms with E-state index in [1.807, 2.05) is 72.3 Å². The van der Waals surface area contributed by atoms with E-state index >= 15 is 0 Å². The molecular weight excluding hydrogens is 552 g/mol. The molecule has 1 aromatic heterocycles. The van der Waals surface area contributed by atoms with Gasteiger partial charge < -0.3 is 24.3 Å². The van der Waals surface area contributed by atoms with Gasteiger partial charge in [-0.25, -0.2) is 0 Å². The summed E-state index contributed by atoms with van der Waals surface area (Å²) in [5, 5.41) is 3.96. The Morgan fingerprint density at radius 2 is 1.67 bits per heavy atom. The Hall–Kier alpha value is -4.96. The molecule has 0 radical (unpaired) electrons. The van der Waals surface area contributed by atoms with Gasteiger partial charge in [0.1, 0.15) is 24.5 Å². The maximum Gasteiger partial charge on any atom is 0.325 e. The summed E-state index contributed by atoms with van der Waals surface area (Å²) in [5.41, 5.74) is 3.30. The molecule has 0 atom stereocenters. The number of hydrogen-bond acceptors (Lipinski definition) is 6. The number of methoxy groups -OCH3 is 1. The largest absolute Gasteiger partial charge is 0.494 e. The van der Waals surface area contributed by atoms with Crippen LogP contribution in [-0.2, 0) is 32.2 Å². The third-order valence-electron chi connectivity index (χ3n) is 6.81. The maximum atomic E-state index is 13.8. The third-order valence-corrected chi connectivity index (χ3v) is 7.22. The number of nitrogens with zero attached hydrogens (tertiary/aromatic N) is 3. The van der Waals surface area contributed by atoms with Crippen LogP contribution < -0.4 is 15.0 Å². The normalized spacial score (nSPS) is 14.1. The van der Waals surface area contributed by atoms with E-state index in [0.29, 0.717) is 30.2 Å². The van der Waals surface area contributed by atoms with Crippen molar-refractivity contribution < 1.29 is 23.9 Å². The number of fused-ring (bicyclic) bond motifs is 1. The predicted octanol–water partition coefficient (Wildman–Crippen LogP) is 4.50. The second kappa shape index (κ2) is 12.7. The minimum atomic E-state index is -0.540. The van der Waals surface area contributed by atoms with Gasteiger partial charge in [-0.3, -0.25) is 19.3 Å². The maximum absolute atomic E-state index is 13.8. The zero-order valence-electron chi connectivity index (χ0n) is 23.3. The monoisotopic (exact) mass is 582 g/mol. The van der Waals surface area contributed by atoms with Crippen molar-refractivity contribution in [2.24, 2.45) is 0 Å². The molecule has 0 spiro atoms. The van der Waals surface area contributed by atoms with Gasteiger partial charge in [0.15, 0.2) is 5.11 Å². The smallest absolute Gasteiger partial charge is 0.325 e. The van der Waals surface area contributed by atoms with Crippen molar-refractivity contribution in [3.63, 3.8) is 0 Å². The molecule has 2 amide bonds. The summed E-state index contributed by atoms with van der Waals surface area (Å²) in [6.45, 7) is 2.69. The van der Waals surface area contributed by atoms with Gasteiger partial charge >= 0.3 is 5.97 Å². The first-order chi connectivity index (χ1) is 20.4. The lowest BCUT2D eigenvalue weighted by Gasteiger charge is -2.19.